The van der Waals surface area contributed by atoms with Crippen molar-refractivity contribution in [2.24, 2.45) is 0 Å². The Morgan fingerprint density at radius 2 is 1.71 bits per heavy atom. The quantitative estimate of drug-likeness (QED) is 0.735. The molecule has 0 aliphatic rings. The van der Waals surface area contributed by atoms with Gasteiger partial charge in [0.05, 0.1) is 5.52 Å². The lowest BCUT2D eigenvalue weighted by atomic mass is 9.97. The Morgan fingerprint density at radius 3 is 2.43 bits per heavy atom. The zero-order valence-corrected chi connectivity index (χ0v) is 12.7. The maximum atomic E-state index is 11.6. The minimum absolute atomic E-state index is 0.0518. The van der Waals surface area contributed by atoms with Crippen LogP contribution in [0.25, 0.3) is 22.0 Å². The number of hydrogen-bond donors (Lipinski definition) is 1. The van der Waals surface area contributed by atoms with Crippen LogP contribution in [-0.4, -0.2) is 9.97 Å². The van der Waals surface area contributed by atoms with Crippen LogP contribution in [-0.2, 0) is 0 Å². The third-order valence-corrected chi connectivity index (χ3v) is 3.89. The first-order valence-electron chi connectivity index (χ1n) is 7.04. The Kier molecular flexibility index (Phi) is 3.13. The van der Waals surface area contributed by atoms with Crippen LogP contribution in [0, 0.1) is 27.7 Å². The number of rotatable bonds is 1. The number of hydrogen-bond acceptors (Lipinski definition) is 2. The first-order chi connectivity index (χ1) is 9.95. The first-order valence-corrected chi connectivity index (χ1v) is 7.04. The van der Waals surface area contributed by atoms with Crippen LogP contribution >= 0.6 is 0 Å². The molecular formula is C18H18N2O. The third-order valence-electron chi connectivity index (χ3n) is 3.89. The van der Waals surface area contributed by atoms with Crippen molar-refractivity contribution in [2.75, 3.05) is 0 Å². The lowest BCUT2D eigenvalue weighted by Crippen LogP contribution is -2.06. The molecular weight excluding hydrogens is 260 g/mol. The van der Waals surface area contributed by atoms with Crippen molar-refractivity contribution in [2.45, 2.75) is 27.7 Å². The molecule has 1 N–H and O–H groups in total. The maximum Gasteiger partial charge on any atom is 0.248 e. The number of aryl methyl sites for hydroxylation is 4. The molecule has 106 valence electrons. The molecule has 0 saturated carbocycles. The second-order valence-electron chi connectivity index (χ2n) is 5.62. The standard InChI is InChI=1S/C18H18N2O/c1-10-8-17(21)20-18-11(2)7-14(9-16(10)18)15-6-5-12(3)19-13(15)4/h5-9H,1-4H3,(H,20,21). The van der Waals surface area contributed by atoms with E-state index < -0.39 is 0 Å². The minimum Gasteiger partial charge on any atom is -0.322 e. The fourth-order valence-electron chi connectivity index (χ4n) is 2.84. The van der Waals surface area contributed by atoms with Crippen molar-refractivity contribution >= 4 is 10.9 Å². The summed E-state index contributed by atoms with van der Waals surface area (Å²) in [6.07, 6.45) is 0. The topological polar surface area (TPSA) is 45.8 Å². The summed E-state index contributed by atoms with van der Waals surface area (Å²) < 4.78 is 0. The highest BCUT2D eigenvalue weighted by molar-refractivity contribution is 5.89. The van der Waals surface area contributed by atoms with E-state index in [0.29, 0.717) is 0 Å². The molecule has 0 saturated heterocycles. The second-order valence-corrected chi connectivity index (χ2v) is 5.62. The molecule has 21 heavy (non-hydrogen) atoms. The molecule has 3 nitrogen and oxygen atoms in total. The molecule has 3 aromatic rings. The molecule has 0 aliphatic carbocycles. The van der Waals surface area contributed by atoms with Gasteiger partial charge in [0.25, 0.3) is 0 Å². The molecule has 3 heteroatoms. The van der Waals surface area contributed by atoms with Gasteiger partial charge in [-0.15, -0.1) is 0 Å². The highest BCUT2D eigenvalue weighted by atomic mass is 16.1. The van der Waals surface area contributed by atoms with Gasteiger partial charge in [0.2, 0.25) is 5.56 Å². The number of aromatic nitrogens is 2. The van der Waals surface area contributed by atoms with Crippen LogP contribution in [0.2, 0.25) is 0 Å². The monoisotopic (exact) mass is 278 g/mol. The van der Waals surface area contributed by atoms with Crippen LogP contribution in [0.3, 0.4) is 0 Å². The van der Waals surface area contributed by atoms with Crippen LogP contribution in [0.15, 0.2) is 35.1 Å². The van der Waals surface area contributed by atoms with Crippen LogP contribution in [0.1, 0.15) is 22.5 Å². The van der Waals surface area contributed by atoms with Gasteiger partial charge in [0.15, 0.2) is 0 Å². The van der Waals surface area contributed by atoms with Crippen LogP contribution in [0.4, 0.5) is 0 Å². The molecule has 0 bridgehead atoms. The smallest absolute Gasteiger partial charge is 0.248 e. The average molecular weight is 278 g/mol. The van der Waals surface area contributed by atoms with Gasteiger partial charge in [-0.05, 0) is 62.6 Å². The summed E-state index contributed by atoms with van der Waals surface area (Å²) in [4.78, 5) is 19.1. The SMILES string of the molecule is Cc1ccc(-c2cc(C)c3[nH]c(=O)cc(C)c3c2)c(C)n1. The van der Waals surface area contributed by atoms with E-state index in [1.165, 1.54) is 0 Å². The van der Waals surface area contributed by atoms with Gasteiger partial charge < -0.3 is 4.98 Å². The molecule has 2 heterocycles. The minimum atomic E-state index is -0.0518. The summed E-state index contributed by atoms with van der Waals surface area (Å²) in [6, 6.07) is 10.0. The third kappa shape index (κ3) is 2.35. The number of H-pyrrole nitrogens is 1. The molecule has 3 rings (SSSR count). The molecule has 2 aromatic heterocycles. The van der Waals surface area contributed by atoms with E-state index in [9.17, 15) is 4.79 Å². The van der Waals surface area contributed by atoms with Crippen molar-refractivity contribution in [3.05, 3.63) is 63.2 Å². The Bertz CT molecular complexity index is 907. The first kappa shape index (κ1) is 13.6. The molecule has 1 aromatic carbocycles. The van der Waals surface area contributed by atoms with Gasteiger partial charge >= 0.3 is 0 Å². The summed E-state index contributed by atoms with van der Waals surface area (Å²) in [5.74, 6) is 0. The average Bonchev–Trinajstić information content (AvgIpc) is 2.40. The van der Waals surface area contributed by atoms with Gasteiger partial charge in [-0.1, -0.05) is 6.07 Å². The summed E-state index contributed by atoms with van der Waals surface area (Å²) in [7, 11) is 0. The van der Waals surface area contributed by atoms with E-state index in [0.717, 1.165) is 44.5 Å². The van der Waals surface area contributed by atoms with Crippen molar-refractivity contribution in [3.63, 3.8) is 0 Å². The zero-order valence-electron chi connectivity index (χ0n) is 12.7. The van der Waals surface area contributed by atoms with Crippen molar-refractivity contribution in [3.8, 4) is 11.1 Å². The lowest BCUT2D eigenvalue weighted by Gasteiger charge is -2.11. The molecule has 0 atom stereocenters. The van der Waals surface area contributed by atoms with E-state index in [2.05, 4.69) is 28.2 Å². The van der Waals surface area contributed by atoms with Gasteiger partial charge in [-0.2, -0.15) is 0 Å². The summed E-state index contributed by atoms with van der Waals surface area (Å²) in [5.41, 5.74) is 7.26. The highest BCUT2D eigenvalue weighted by Crippen LogP contribution is 2.29. The fourth-order valence-corrected chi connectivity index (χ4v) is 2.84. The Labute approximate surface area is 123 Å². The number of nitrogens with zero attached hydrogens (tertiary/aromatic N) is 1. The summed E-state index contributed by atoms with van der Waals surface area (Å²) >= 11 is 0. The van der Waals surface area contributed by atoms with Gasteiger partial charge in [-0.25, -0.2) is 0 Å². The summed E-state index contributed by atoms with van der Waals surface area (Å²) in [5, 5.41) is 1.09. The van der Waals surface area contributed by atoms with E-state index in [1.807, 2.05) is 33.8 Å². The Hall–Kier alpha value is -2.42. The Balaban J connectivity index is 2.32. The zero-order chi connectivity index (χ0) is 15.1. The molecule has 0 fully saturated rings. The molecule has 0 radical (unpaired) electrons. The summed E-state index contributed by atoms with van der Waals surface area (Å²) in [6.45, 7) is 8.03. The van der Waals surface area contributed by atoms with Crippen molar-refractivity contribution in [1.29, 1.82) is 0 Å². The fraction of sp³-hybridized carbons (Fsp3) is 0.222. The van der Waals surface area contributed by atoms with E-state index in [4.69, 9.17) is 0 Å². The molecule has 0 aliphatic heterocycles. The second kappa shape index (κ2) is 4.85. The predicted octanol–water partition coefficient (Wildman–Crippen LogP) is 3.82. The van der Waals surface area contributed by atoms with Crippen molar-refractivity contribution in [1.82, 2.24) is 9.97 Å². The van der Waals surface area contributed by atoms with Gasteiger partial charge in [0, 0.05) is 28.4 Å². The number of aromatic amines is 1. The molecule has 0 unspecified atom stereocenters. The molecule has 0 amide bonds. The Morgan fingerprint density at radius 1 is 0.952 bits per heavy atom. The van der Waals surface area contributed by atoms with Gasteiger partial charge in [-0.3, -0.25) is 9.78 Å². The van der Waals surface area contributed by atoms with E-state index >= 15 is 0 Å². The highest BCUT2D eigenvalue weighted by Gasteiger charge is 2.09. The number of nitrogens with one attached hydrogen (secondary N) is 1. The maximum absolute atomic E-state index is 11.6. The molecule has 0 spiro atoms. The number of benzene rings is 1. The van der Waals surface area contributed by atoms with Crippen LogP contribution in [0.5, 0.6) is 0 Å². The van der Waals surface area contributed by atoms with Crippen LogP contribution < -0.4 is 5.56 Å². The van der Waals surface area contributed by atoms with Gasteiger partial charge in [0.1, 0.15) is 0 Å². The predicted molar refractivity (Wildman–Crippen MR) is 86.7 cm³/mol. The normalized spacial score (nSPS) is 11.0. The number of pyridine rings is 2. The van der Waals surface area contributed by atoms with E-state index in [1.54, 1.807) is 6.07 Å². The van der Waals surface area contributed by atoms with Crippen molar-refractivity contribution < 1.29 is 0 Å². The lowest BCUT2D eigenvalue weighted by molar-refractivity contribution is 1.12. The number of fused-ring (bicyclic) bond motifs is 1. The largest absolute Gasteiger partial charge is 0.322 e. The van der Waals surface area contributed by atoms with E-state index in [-0.39, 0.29) is 5.56 Å².